The lowest BCUT2D eigenvalue weighted by Crippen LogP contribution is -2.65. The third-order valence-corrected chi connectivity index (χ3v) is 8.26. The van der Waals surface area contributed by atoms with Gasteiger partial charge in [-0.1, -0.05) is 30.3 Å². The molecular weight excluding hydrogens is 494 g/mol. The molecule has 35 heavy (non-hydrogen) atoms. The molecule has 1 aromatic carbocycles. The maximum atomic E-state index is 13.4. The molecule has 3 saturated heterocycles. The maximum Gasteiger partial charge on any atom is 0.240 e. The van der Waals surface area contributed by atoms with Crippen molar-refractivity contribution in [3.8, 4) is 0 Å². The fourth-order valence-electron chi connectivity index (χ4n) is 5.23. The molecule has 3 aliphatic rings. The summed E-state index contributed by atoms with van der Waals surface area (Å²) in [6, 6.07) is 8.95. The Balaban J connectivity index is 1.40. The predicted octanol–water partition coefficient (Wildman–Crippen LogP) is -0.242. The van der Waals surface area contributed by atoms with E-state index >= 15 is 0 Å². The molecular formula is C24H36ClN3O6S. The molecule has 196 valence electrons. The second-order valence-corrected chi connectivity index (χ2v) is 11.2. The van der Waals surface area contributed by atoms with Crippen LogP contribution in [0.2, 0.25) is 0 Å². The third-order valence-electron chi connectivity index (χ3n) is 7.13. The van der Waals surface area contributed by atoms with Crippen molar-refractivity contribution in [1.29, 1.82) is 0 Å². The first kappa shape index (κ1) is 27.1. The highest BCUT2D eigenvalue weighted by atomic mass is 35.5. The van der Waals surface area contributed by atoms with Crippen LogP contribution < -0.4 is 10.6 Å². The topological polar surface area (TPSA) is 124 Å². The van der Waals surface area contributed by atoms with E-state index in [0.717, 1.165) is 19.6 Å². The Bertz CT molecular complexity index is 837. The average Bonchev–Trinajstić information content (AvgIpc) is 3.13. The van der Waals surface area contributed by atoms with Crippen LogP contribution in [-0.4, -0.2) is 112 Å². The molecule has 3 heterocycles. The minimum atomic E-state index is -1.41. The van der Waals surface area contributed by atoms with Gasteiger partial charge in [0.1, 0.15) is 35.9 Å². The summed E-state index contributed by atoms with van der Waals surface area (Å²) < 4.78 is 12.0. The highest BCUT2D eigenvalue weighted by molar-refractivity contribution is 7.99. The van der Waals surface area contributed by atoms with E-state index in [1.54, 1.807) is 13.2 Å². The Morgan fingerprint density at radius 2 is 2.00 bits per heavy atom. The lowest BCUT2D eigenvalue weighted by Gasteiger charge is -2.44. The number of aliphatic hydroxyl groups is 3. The van der Waals surface area contributed by atoms with Crippen molar-refractivity contribution in [2.45, 2.75) is 66.9 Å². The molecule has 0 aliphatic carbocycles. The third kappa shape index (κ3) is 6.14. The summed E-state index contributed by atoms with van der Waals surface area (Å²) in [5, 5.41) is 36.7. The Hall–Kier alpha value is -0.950. The Morgan fingerprint density at radius 1 is 1.26 bits per heavy atom. The van der Waals surface area contributed by atoms with Gasteiger partial charge in [-0.05, 0) is 18.7 Å². The number of thioether (sulfide) groups is 1. The van der Waals surface area contributed by atoms with Gasteiger partial charge < -0.3 is 35.4 Å². The minimum Gasteiger partial charge on any atom is -0.388 e. The SMILES string of the molecule is CSC1O[C@H]([C@H](NC(=O)[C@H]2NC[C@@H]3CN(Cc4ccccc4)CCO[C@H]32)C(C)Cl)C(O)C(O)C1O. The molecule has 5 N–H and O–H groups in total. The van der Waals surface area contributed by atoms with Crippen molar-refractivity contribution in [3.05, 3.63) is 35.9 Å². The smallest absolute Gasteiger partial charge is 0.240 e. The van der Waals surface area contributed by atoms with Crippen molar-refractivity contribution in [2.75, 3.05) is 32.5 Å². The summed E-state index contributed by atoms with van der Waals surface area (Å²) >= 11 is 7.63. The van der Waals surface area contributed by atoms with Gasteiger partial charge in [-0.2, -0.15) is 0 Å². The number of hydrogen-bond donors (Lipinski definition) is 5. The summed E-state index contributed by atoms with van der Waals surface area (Å²) in [6.45, 7) is 5.31. The van der Waals surface area contributed by atoms with Gasteiger partial charge in [-0.15, -0.1) is 23.4 Å². The van der Waals surface area contributed by atoms with Gasteiger partial charge in [0, 0.05) is 32.1 Å². The first-order valence-corrected chi connectivity index (χ1v) is 13.8. The largest absolute Gasteiger partial charge is 0.388 e. The van der Waals surface area contributed by atoms with Crippen LogP contribution in [0.5, 0.6) is 0 Å². The molecule has 0 radical (unpaired) electrons. The number of fused-ring (bicyclic) bond motifs is 1. The number of hydrogen-bond acceptors (Lipinski definition) is 9. The Kier molecular flexibility index (Phi) is 9.34. The van der Waals surface area contributed by atoms with Crippen LogP contribution in [0.3, 0.4) is 0 Å². The quantitative estimate of drug-likeness (QED) is 0.304. The standard InChI is InChI=1S/C24H36ClN3O6S/c1-13(25)16(22-19(30)18(29)20(31)24(34-22)35-2)27-23(32)17-21-15(10-26-17)12-28(8-9-33-21)11-14-6-4-3-5-7-14/h3-7,13,15-22,24,26,29-31H,8-12H2,1-2H3,(H,27,32)/t13?,15-,16-,17+,18?,19?,20?,21-,22-,24?/m1/s1. The molecule has 10 atom stereocenters. The summed E-state index contributed by atoms with van der Waals surface area (Å²) in [4.78, 5) is 15.7. The fraction of sp³-hybridized carbons (Fsp3) is 0.708. The number of halogens is 1. The molecule has 9 nitrogen and oxygen atoms in total. The van der Waals surface area contributed by atoms with Crippen LogP contribution >= 0.6 is 23.4 Å². The predicted molar refractivity (Wildman–Crippen MR) is 134 cm³/mol. The van der Waals surface area contributed by atoms with Crippen molar-refractivity contribution >= 4 is 29.3 Å². The van der Waals surface area contributed by atoms with Gasteiger partial charge in [0.25, 0.3) is 0 Å². The number of carbonyl (C=O) groups excluding carboxylic acids is 1. The summed E-state index contributed by atoms with van der Waals surface area (Å²) in [7, 11) is 0. The average molecular weight is 530 g/mol. The van der Waals surface area contributed by atoms with Crippen molar-refractivity contribution in [1.82, 2.24) is 15.5 Å². The van der Waals surface area contributed by atoms with Gasteiger partial charge in [0.2, 0.25) is 5.91 Å². The van der Waals surface area contributed by atoms with Crippen LogP contribution in [0.1, 0.15) is 12.5 Å². The number of carbonyl (C=O) groups is 1. The number of benzene rings is 1. The summed E-state index contributed by atoms with van der Waals surface area (Å²) in [5.41, 5.74) is 0.495. The van der Waals surface area contributed by atoms with E-state index in [9.17, 15) is 20.1 Å². The van der Waals surface area contributed by atoms with E-state index in [-0.39, 0.29) is 17.9 Å². The molecule has 0 saturated carbocycles. The monoisotopic (exact) mass is 529 g/mol. The number of amides is 1. The molecule has 4 rings (SSSR count). The number of ether oxygens (including phenoxy) is 2. The lowest BCUT2D eigenvalue weighted by molar-refractivity contribution is -0.205. The molecule has 11 heteroatoms. The Labute approximate surface area is 215 Å². The fourth-order valence-corrected chi connectivity index (χ4v) is 6.11. The van der Waals surface area contributed by atoms with Gasteiger partial charge in [-0.3, -0.25) is 9.69 Å². The van der Waals surface area contributed by atoms with Crippen LogP contribution in [0.4, 0.5) is 0 Å². The van der Waals surface area contributed by atoms with Crippen molar-refractivity contribution < 1.29 is 29.6 Å². The molecule has 3 aliphatic heterocycles. The molecule has 5 unspecified atom stereocenters. The number of nitrogens with zero attached hydrogens (tertiary/aromatic N) is 1. The summed E-state index contributed by atoms with van der Waals surface area (Å²) in [6.07, 6.45) is -3.57. The highest BCUT2D eigenvalue weighted by Gasteiger charge is 2.49. The first-order valence-electron chi connectivity index (χ1n) is 12.1. The van der Waals surface area contributed by atoms with Crippen LogP contribution in [0.25, 0.3) is 0 Å². The van der Waals surface area contributed by atoms with Gasteiger partial charge >= 0.3 is 0 Å². The molecule has 1 aromatic rings. The normalized spacial score (nSPS) is 37.8. The summed E-state index contributed by atoms with van der Waals surface area (Å²) in [5.74, 6) is -0.137. The highest BCUT2D eigenvalue weighted by Crippen LogP contribution is 2.31. The molecule has 0 spiro atoms. The maximum absolute atomic E-state index is 13.4. The second kappa shape index (κ2) is 12.1. The first-order chi connectivity index (χ1) is 16.8. The zero-order valence-corrected chi connectivity index (χ0v) is 21.6. The van der Waals surface area contributed by atoms with E-state index in [1.807, 2.05) is 18.2 Å². The number of rotatable bonds is 7. The van der Waals surface area contributed by atoms with Crippen molar-refractivity contribution in [2.24, 2.45) is 5.92 Å². The second-order valence-electron chi connectivity index (χ2n) is 9.59. The van der Waals surface area contributed by atoms with E-state index < -0.39 is 47.3 Å². The van der Waals surface area contributed by atoms with Gasteiger partial charge in [0.05, 0.1) is 24.1 Å². The number of aliphatic hydroxyl groups excluding tert-OH is 3. The molecule has 1 amide bonds. The van der Waals surface area contributed by atoms with Crippen LogP contribution in [0, 0.1) is 5.92 Å². The lowest BCUT2D eigenvalue weighted by atomic mass is 9.92. The van der Waals surface area contributed by atoms with E-state index in [0.29, 0.717) is 13.2 Å². The Morgan fingerprint density at radius 3 is 2.69 bits per heavy atom. The van der Waals surface area contributed by atoms with Gasteiger partial charge in [-0.25, -0.2) is 0 Å². The number of nitrogens with one attached hydrogen (secondary N) is 2. The van der Waals surface area contributed by atoms with Gasteiger partial charge in [0.15, 0.2) is 0 Å². The zero-order chi connectivity index (χ0) is 25.1. The zero-order valence-electron chi connectivity index (χ0n) is 20.0. The van der Waals surface area contributed by atoms with E-state index in [1.165, 1.54) is 17.3 Å². The van der Waals surface area contributed by atoms with E-state index in [4.69, 9.17) is 21.1 Å². The molecule has 0 bridgehead atoms. The molecule has 3 fully saturated rings. The van der Waals surface area contributed by atoms with Crippen LogP contribution in [0.15, 0.2) is 30.3 Å². The molecule has 0 aromatic heterocycles. The minimum absolute atomic E-state index is 0.151. The van der Waals surface area contributed by atoms with Crippen molar-refractivity contribution in [3.63, 3.8) is 0 Å². The van der Waals surface area contributed by atoms with Crippen LogP contribution in [-0.2, 0) is 20.8 Å². The number of alkyl halides is 1. The van der Waals surface area contributed by atoms with E-state index in [2.05, 4.69) is 27.7 Å².